The lowest BCUT2D eigenvalue weighted by atomic mass is 9.74. The van der Waals surface area contributed by atoms with Gasteiger partial charge in [0.05, 0.1) is 0 Å². The molecule has 0 bridgehead atoms. The van der Waals surface area contributed by atoms with Crippen LogP contribution >= 0.6 is 0 Å². The van der Waals surface area contributed by atoms with Crippen LogP contribution in [0.1, 0.15) is 78.6 Å². The highest BCUT2D eigenvalue weighted by molar-refractivity contribution is 4.88. The van der Waals surface area contributed by atoms with Gasteiger partial charge in [-0.3, -0.25) is 0 Å². The third-order valence-electron chi connectivity index (χ3n) is 5.09. The van der Waals surface area contributed by atoms with Crippen molar-refractivity contribution >= 4 is 0 Å². The highest BCUT2D eigenvalue weighted by atomic mass is 15.0. The second kappa shape index (κ2) is 5.73. The zero-order chi connectivity index (χ0) is 12.3. The summed E-state index contributed by atoms with van der Waals surface area (Å²) in [6, 6.07) is 1.63. The van der Waals surface area contributed by atoms with Crippen molar-refractivity contribution in [3.8, 4) is 0 Å². The molecule has 2 aliphatic carbocycles. The van der Waals surface area contributed by atoms with E-state index in [1.165, 1.54) is 57.8 Å². The van der Waals surface area contributed by atoms with Crippen molar-refractivity contribution in [2.75, 3.05) is 0 Å². The first-order chi connectivity index (χ1) is 8.11. The van der Waals surface area contributed by atoms with Crippen LogP contribution in [0.5, 0.6) is 0 Å². The largest absolute Gasteiger partial charge is 0.311 e. The summed E-state index contributed by atoms with van der Waals surface area (Å²) >= 11 is 0. The molecule has 0 radical (unpaired) electrons. The van der Waals surface area contributed by atoms with Crippen molar-refractivity contribution in [3.63, 3.8) is 0 Å². The minimum absolute atomic E-state index is 0.576. The quantitative estimate of drug-likeness (QED) is 0.761. The topological polar surface area (TPSA) is 12.0 Å². The molecule has 0 aromatic heterocycles. The van der Waals surface area contributed by atoms with Gasteiger partial charge in [-0.05, 0) is 43.4 Å². The van der Waals surface area contributed by atoms with Crippen LogP contribution in [-0.2, 0) is 0 Å². The summed E-state index contributed by atoms with van der Waals surface area (Å²) in [5.41, 5.74) is 0.576. The van der Waals surface area contributed by atoms with Gasteiger partial charge < -0.3 is 5.32 Å². The number of hydrogen-bond acceptors (Lipinski definition) is 1. The highest BCUT2D eigenvalue weighted by Gasteiger charge is 2.31. The van der Waals surface area contributed by atoms with E-state index in [4.69, 9.17) is 0 Å². The monoisotopic (exact) mass is 237 g/mol. The smallest absolute Gasteiger partial charge is 0.00978 e. The van der Waals surface area contributed by atoms with E-state index < -0.39 is 0 Å². The first kappa shape index (κ1) is 13.4. The maximum atomic E-state index is 4.01. The van der Waals surface area contributed by atoms with Crippen LogP contribution in [0.15, 0.2) is 0 Å². The van der Waals surface area contributed by atoms with Crippen molar-refractivity contribution in [2.24, 2.45) is 11.3 Å². The predicted octanol–water partition coefficient (Wildman–Crippen LogP) is 4.51. The van der Waals surface area contributed by atoms with E-state index in [1.54, 1.807) is 0 Å². The summed E-state index contributed by atoms with van der Waals surface area (Å²) in [5, 5.41) is 4.01. The van der Waals surface area contributed by atoms with E-state index in [2.05, 4.69) is 26.1 Å². The molecule has 0 heterocycles. The standard InChI is InChI=1S/C16H31N/c1-4-13-8-5-6-10-15(13)17-14-9-7-11-16(2,3)12-14/h13-15,17H,4-12H2,1-3H3. The van der Waals surface area contributed by atoms with Gasteiger partial charge in [-0.1, -0.05) is 46.5 Å². The number of rotatable bonds is 3. The van der Waals surface area contributed by atoms with Crippen LogP contribution < -0.4 is 5.32 Å². The molecule has 0 saturated heterocycles. The van der Waals surface area contributed by atoms with Crippen molar-refractivity contribution in [2.45, 2.75) is 90.6 Å². The van der Waals surface area contributed by atoms with Gasteiger partial charge in [0, 0.05) is 12.1 Å². The van der Waals surface area contributed by atoms with Crippen molar-refractivity contribution in [3.05, 3.63) is 0 Å². The Balaban J connectivity index is 1.86. The average Bonchev–Trinajstić information content (AvgIpc) is 2.28. The lowest BCUT2D eigenvalue weighted by Gasteiger charge is -2.40. The molecule has 2 rings (SSSR count). The molecule has 1 nitrogen and oxygen atoms in total. The van der Waals surface area contributed by atoms with Gasteiger partial charge in [-0.2, -0.15) is 0 Å². The average molecular weight is 237 g/mol. The fourth-order valence-corrected chi connectivity index (χ4v) is 4.06. The first-order valence-electron chi connectivity index (χ1n) is 7.87. The van der Waals surface area contributed by atoms with Gasteiger partial charge >= 0.3 is 0 Å². The zero-order valence-corrected chi connectivity index (χ0v) is 12.1. The summed E-state index contributed by atoms with van der Waals surface area (Å²) < 4.78 is 0. The molecule has 3 unspecified atom stereocenters. The summed E-state index contributed by atoms with van der Waals surface area (Å²) in [6.45, 7) is 7.26. The molecule has 17 heavy (non-hydrogen) atoms. The third-order valence-corrected chi connectivity index (χ3v) is 5.09. The van der Waals surface area contributed by atoms with Gasteiger partial charge in [0.25, 0.3) is 0 Å². The fraction of sp³-hybridized carbons (Fsp3) is 1.00. The van der Waals surface area contributed by atoms with Gasteiger partial charge in [0.2, 0.25) is 0 Å². The molecule has 2 fully saturated rings. The molecule has 0 amide bonds. The molecule has 2 saturated carbocycles. The Kier molecular flexibility index (Phi) is 4.52. The minimum atomic E-state index is 0.576. The SMILES string of the molecule is CCC1CCCCC1NC1CCCC(C)(C)C1. The molecular weight excluding hydrogens is 206 g/mol. The Morgan fingerprint density at radius 2 is 1.82 bits per heavy atom. The summed E-state index contributed by atoms with van der Waals surface area (Å²) in [6.07, 6.45) is 12.8. The third kappa shape index (κ3) is 3.71. The Morgan fingerprint density at radius 1 is 1.06 bits per heavy atom. The van der Waals surface area contributed by atoms with E-state index in [-0.39, 0.29) is 0 Å². The highest BCUT2D eigenvalue weighted by Crippen LogP contribution is 2.36. The van der Waals surface area contributed by atoms with Crippen LogP contribution in [0.25, 0.3) is 0 Å². The predicted molar refractivity (Wildman–Crippen MR) is 75.2 cm³/mol. The second-order valence-corrected chi connectivity index (χ2v) is 7.18. The molecule has 1 N–H and O–H groups in total. The normalized spacial score (nSPS) is 37.9. The van der Waals surface area contributed by atoms with Gasteiger partial charge in [0.15, 0.2) is 0 Å². The first-order valence-corrected chi connectivity index (χ1v) is 7.87. The van der Waals surface area contributed by atoms with Crippen LogP contribution in [0, 0.1) is 11.3 Å². The molecule has 0 aromatic rings. The summed E-state index contributed by atoms with van der Waals surface area (Å²) in [5.74, 6) is 0.953. The molecular formula is C16H31N. The number of nitrogens with one attached hydrogen (secondary N) is 1. The Hall–Kier alpha value is -0.0400. The lowest BCUT2D eigenvalue weighted by Crippen LogP contribution is -2.47. The maximum absolute atomic E-state index is 4.01. The molecule has 3 atom stereocenters. The van der Waals surface area contributed by atoms with Crippen LogP contribution in [0.3, 0.4) is 0 Å². The van der Waals surface area contributed by atoms with Crippen molar-refractivity contribution in [1.82, 2.24) is 5.32 Å². The van der Waals surface area contributed by atoms with E-state index in [0.29, 0.717) is 5.41 Å². The summed E-state index contributed by atoms with van der Waals surface area (Å²) in [7, 11) is 0. The molecule has 2 aliphatic rings. The van der Waals surface area contributed by atoms with Crippen LogP contribution in [0.2, 0.25) is 0 Å². The van der Waals surface area contributed by atoms with E-state index >= 15 is 0 Å². The minimum Gasteiger partial charge on any atom is -0.311 e. The second-order valence-electron chi connectivity index (χ2n) is 7.18. The number of hydrogen-bond donors (Lipinski definition) is 1. The Bertz CT molecular complexity index is 234. The van der Waals surface area contributed by atoms with Gasteiger partial charge in [0.1, 0.15) is 0 Å². The van der Waals surface area contributed by atoms with Crippen molar-refractivity contribution < 1.29 is 0 Å². The Labute approximate surface area is 108 Å². The maximum Gasteiger partial charge on any atom is 0.00978 e. The fourth-order valence-electron chi connectivity index (χ4n) is 4.06. The molecule has 0 spiro atoms. The van der Waals surface area contributed by atoms with Crippen LogP contribution in [0.4, 0.5) is 0 Å². The van der Waals surface area contributed by atoms with E-state index in [0.717, 1.165) is 18.0 Å². The van der Waals surface area contributed by atoms with Gasteiger partial charge in [-0.25, -0.2) is 0 Å². The molecule has 0 aliphatic heterocycles. The molecule has 100 valence electrons. The van der Waals surface area contributed by atoms with Crippen molar-refractivity contribution in [1.29, 1.82) is 0 Å². The molecule has 0 aromatic carbocycles. The molecule has 1 heteroatoms. The van der Waals surface area contributed by atoms with E-state index in [1.807, 2.05) is 0 Å². The van der Waals surface area contributed by atoms with Crippen LogP contribution in [-0.4, -0.2) is 12.1 Å². The Morgan fingerprint density at radius 3 is 2.53 bits per heavy atom. The van der Waals surface area contributed by atoms with E-state index in [9.17, 15) is 0 Å². The van der Waals surface area contributed by atoms with Gasteiger partial charge in [-0.15, -0.1) is 0 Å². The lowest BCUT2D eigenvalue weighted by molar-refractivity contribution is 0.159. The zero-order valence-electron chi connectivity index (χ0n) is 12.1. The summed E-state index contributed by atoms with van der Waals surface area (Å²) in [4.78, 5) is 0.